The average Bonchev–Trinajstić information content (AvgIpc) is 3.65. The Morgan fingerprint density at radius 2 is 1.80 bits per heavy atom. The number of hydrogen-bond donors (Lipinski definition) is 2. The minimum Gasteiger partial charge on any atom is -0.481 e. The molecule has 5 heterocycles. The van der Waals surface area contributed by atoms with Crippen LogP contribution in [-0.2, 0) is 22.3 Å². The maximum Gasteiger partial charge on any atom is 0.418 e. The lowest BCUT2D eigenvalue weighted by atomic mass is 9.97. The highest BCUT2D eigenvalue weighted by Gasteiger charge is 2.36. The van der Waals surface area contributed by atoms with Crippen LogP contribution in [0.3, 0.4) is 0 Å². The van der Waals surface area contributed by atoms with Gasteiger partial charge in [0.1, 0.15) is 11.5 Å². The molecule has 3 aliphatic heterocycles. The Hall–Kier alpha value is -3.82. The largest absolute Gasteiger partial charge is 0.481 e. The number of alkyl halides is 3. The molecule has 15 heteroatoms. The number of carboxylic acid groups (broad SMARTS) is 1. The molecule has 3 aromatic rings. The number of thiazole rings is 1. The second kappa shape index (κ2) is 13.5. The summed E-state index contributed by atoms with van der Waals surface area (Å²) in [6.45, 7) is 6.05. The normalized spacial score (nSPS) is 19.9. The predicted octanol–water partition coefficient (Wildman–Crippen LogP) is 4.99. The number of aromatic nitrogens is 3. The van der Waals surface area contributed by atoms with Crippen molar-refractivity contribution in [2.45, 2.75) is 51.4 Å². The number of benzene rings is 1. The van der Waals surface area contributed by atoms with Crippen LogP contribution in [0.5, 0.6) is 0 Å². The Kier molecular flexibility index (Phi) is 9.43. The Morgan fingerprint density at radius 3 is 2.43 bits per heavy atom. The summed E-state index contributed by atoms with van der Waals surface area (Å²) >= 11 is 1.24. The molecule has 2 N–H and O–H groups in total. The maximum atomic E-state index is 14.4. The topological polar surface area (TPSA) is 124 Å². The fourth-order valence-corrected chi connectivity index (χ4v) is 7.26. The lowest BCUT2D eigenvalue weighted by Gasteiger charge is -2.31. The fraction of sp³-hybridized carbons (Fsp3) is 0.516. The van der Waals surface area contributed by atoms with Gasteiger partial charge in [-0.05, 0) is 51.3 Å². The van der Waals surface area contributed by atoms with Crippen LogP contribution in [0, 0.1) is 5.92 Å². The standard InChI is InChI=1S/C31H36F3N7O4S/c1-19-3-2-8-41(19)18-25-27(21-4-5-24(22(15-21)31(32,33)34)39-11-13-45-14-12-39)37-30(46-25)38-28(42)23-16-36-26(17-35-23)40-9-6-20(7-10-40)29(43)44/h4-5,15-17,19-20H,2-3,6-14,18H2,1H3,(H,43,44)(H,37,38,42)/t19-/m1/s1. The van der Waals surface area contributed by atoms with E-state index in [4.69, 9.17) is 4.74 Å². The molecule has 11 nitrogen and oxygen atoms in total. The van der Waals surface area contributed by atoms with Crippen molar-refractivity contribution in [3.63, 3.8) is 0 Å². The van der Waals surface area contributed by atoms with E-state index < -0.39 is 23.6 Å². The van der Waals surface area contributed by atoms with Crippen LogP contribution in [0.15, 0.2) is 30.6 Å². The lowest BCUT2D eigenvalue weighted by Crippen LogP contribution is -2.37. The van der Waals surface area contributed by atoms with Gasteiger partial charge < -0.3 is 19.6 Å². The van der Waals surface area contributed by atoms with E-state index in [0.717, 1.165) is 30.3 Å². The third kappa shape index (κ3) is 7.10. The van der Waals surface area contributed by atoms with E-state index in [1.54, 1.807) is 11.0 Å². The molecular weight excluding hydrogens is 623 g/mol. The lowest BCUT2D eigenvalue weighted by molar-refractivity contribution is -0.142. The van der Waals surface area contributed by atoms with Gasteiger partial charge in [-0.25, -0.2) is 15.0 Å². The summed E-state index contributed by atoms with van der Waals surface area (Å²) in [6, 6.07) is 4.66. The number of halogens is 3. The molecule has 1 amide bonds. The molecule has 1 atom stereocenters. The summed E-state index contributed by atoms with van der Waals surface area (Å²) in [6.07, 6.45) is 1.36. The molecule has 46 heavy (non-hydrogen) atoms. The Balaban J connectivity index is 1.24. The summed E-state index contributed by atoms with van der Waals surface area (Å²) in [7, 11) is 0. The van der Waals surface area contributed by atoms with Crippen LogP contribution in [-0.4, -0.2) is 88.8 Å². The SMILES string of the molecule is C[C@@H]1CCCN1Cc1sc(NC(=O)c2cnc(N3CCC(C(=O)O)CC3)cn2)nc1-c1ccc(N2CCOCC2)c(C(F)(F)F)c1. The number of carbonyl (C=O) groups is 2. The number of carbonyl (C=O) groups excluding carboxylic acids is 1. The van der Waals surface area contributed by atoms with Gasteiger partial charge in [-0.15, -0.1) is 0 Å². The first-order valence-electron chi connectivity index (χ1n) is 15.5. The first-order chi connectivity index (χ1) is 22.1. The molecule has 246 valence electrons. The number of morpholine rings is 1. The Labute approximate surface area is 268 Å². The van der Waals surface area contributed by atoms with E-state index in [1.807, 2.05) is 4.90 Å². The molecule has 3 saturated heterocycles. The summed E-state index contributed by atoms with van der Waals surface area (Å²) in [4.78, 5) is 44.4. The smallest absolute Gasteiger partial charge is 0.418 e. The van der Waals surface area contributed by atoms with E-state index in [2.05, 4.69) is 32.1 Å². The maximum absolute atomic E-state index is 14.4. The zero-order valence-corrected chi connectivity index (χ0v) is 26.2. The minimum atomic E-state index is -4.57. The number of amides is 1. The van der Waals surface area contributed by atoms with Gasteiger partial charge in [0.25, 0.3) is 5.91 Å². The molecule has 0 spiro atoms. The van der Waals surface area contributed by atoms with Gasteiger partial charge in [0.05, 0.1) is 42.8 Å². The zero-order valence-electron chi connectivity index (χ0n) is 25.4. The summed E-state index contributed by atoms with van der Waals surface area (Å²) < 4.78 is 48.4. The van der Waals surface area contributed by atoms with E-state index in [0.29, 0.717) is 81.9 Å². The van der Waals surface area contributed by atoms with Crippen molar-refractivity contribution in [3.8, 4) is 11.3 Å². The van der Waals surface area contributed by atoms with Crippen LogP contribution < -0.4 is 15.1 Å². The number of aliphatic carboxylic acids is 1. The van der Waals surface area contributed by atoms with Crippen LogP contribution in [0.4, 0.5) is 29.8 Å². The first-order valence-corrected chi connectivity index (χ1v) is 16.3. The molecule has 0 unspecified atom stereocenters. The van der Waals surface area contributed by atoms with Gasteiger partial charge in [-0.2, -0.15) is 13.2 Å². The molecule has 6 rings (SSSR count). The molecule has 3 aliphatic rings. The molecule has 0 saturated carbocycles. The van der Waals surface area contributed by atoms with E-state index in [-0.39, 0.29) is 22.4 Å². The van der Waals surface area contributed by atoms with E-state index >= 15 is 0 Å². The number of rotatable bonds is 8. The number of hydrogen-bond acceptors (Lipinski definition) is 10. The highest BCUT2D eigenvalue weighted by Crippen LogP contribution is 2.41. The van der Waals surface area contributed by atoms with Gasteiger partial charge >= 0.3 is 12.1 Å². The highest BCUT2D eigenvalue weighted by molar-refractivity contribution is 7.16. The van der Waals surface area contributed by atoms with Crippen LogP contribution >= 0.6 is 11.3 Å². The molecule has 3 fully saturated rings. The van der Waals surface area contributed by atoms with E-state index in [1.165, 1.54) is 29.8 Å². The summed E-state index contributed by atoms with van der Waals surface area (Å²) in [5.74, 6) is -1.16. The van der Waals surface area contributed by atoms with E-state index in [9.17, 15) is 27.9 Å². The van der Waals surface area contributed by atoms with Crippen molar-refractivity contribution in [2.75, 3.05) is 61.1 Å². The number of nitrogens with one attached hydrogen (secondary N) is 1. The van der Waals surface area contributed by atoms with Crippen molar-refractivity contribution < 1.29 is 32.6 Å². The van der Waals surface area contributed by atoms with Crippen molar-refractivity contribution in [1.82, 2.24) is 19.9 Å². The van der Waals surface area contributed by atoms with Gasteiger partial charge in [-0.3, -0.25) is 19.8 Å². The number of anilines is 3. The quantitative estimate of drug-likeness (QED) is 0.342. The molecular formula is C31H36F3N7O4S. The molecule has 0 aliphatic carbocycles. The monoisotopic (exact) mass is 659 g/mol. The Bertz CT molecular complexity index is 1550. The third-order valence-electron chi connectivity index (χ3n) is 8.92. The van der Waals surface area contributed by atoms with Crippen LogP contribution in [0.2, 0.25) is 0 Å². The number of likely N-dealkylation sites (tertiary alicyclic amines) is 1. The summed E-state index contributed by atoms with van der Waals surface area (Å²) in [5, 5.41) is 12.3. The number of nitrogens with zero attached hydrogens (tertiary/aromatic N) is 6. The Morgan fingerprint density at radius 1 is 1.04 bits per heavy atom. The van der Waals surface area contributed by atoms with Crippen molar-refractivity contribution in [1.29, 1.82) is 0 Å². The third-order valence-corrected chi connectivity index (χ3v) is 9.88. The minimum absolute atomic E-state index is 0.0601. The average molecular weight is 660 g/mol. The molecule has 1 aromatic carbocycles. The first kappa shape index (κ1) is 32.1. The van der Waals surface area contributed by atoms with Crippen LogP contribution in [0.25, 0.3) is 11.3 Å². The second-order valence-corrected chi connectivity index (χ2v) is 13.0. The van der Waals surface area contributed by atoms with Gasteiger partial charge in [0, 0.05) is 54.9 Å². The fourth-order valence-electron chi connectivity index (χ4n) is 6.26. The summed E-state index contributed by atoms with van der Waals surface area (Å²) in [5.41, 5.74) is 0.188. The van der Waals surface area contributed by atoms with Crippen LogP contribution in [0.1, 0.15) is 53.5 Å². The number of ether oxygens (including phenoxy) is 1. The van der Waals surface area contributed by atoms with Crippen molar-refractivity contribution >= 4 is 39.9 Å². The van der Waals surface area contributed by atoms with Crippen molar-refractivity contribution in [2.24, 2.45) is 5.92 Å². The zero-order chi connectivity index (χ0) is 32.4. The number of piperidine rings is 1. The molecule has 0 radical (unpaired) electrons. The highest BCUT2D eigenvalue weighted by atomic mass is 32.1. The van der Waals surface area contributed by atoms with Gasteiger partial charge in [0.15, 0.2) is 5.13 Å². The molecule has 0 bridgehead atoms. The number of carboxylic acids is 1. The predicted molar refractivity (Wildman–Crippen MR) is 167 cm³/mol. The van der Waals surface area contributed by atoms with Gasteiger partial charge in [0.2, 0.25) is 0 Å². The molecule has 2 aromatic heterocycles. The van der Waals surface area contributed by atoms with Gasteiger partial charge in [-0.1, -0.05) is 17.4 Å². The second-order valence-electron chi connectivity index (χ2n) is 11.9. The van der Waals surface area contributed by atoms with Crippen molar-refractivity contribution in [3.05, 3.63) is 46.7 Å².